The molecule has 1 atom stereocenters. The fourth-order valence-corrected chi connectivity index (χ4v) is 2.86. The second-order valence-electron chi connectivity index (χ2n) is 6.32. The molecule has 1 fully saturated rings. The molecule has 1 heterocycles. The normalized spacial score (nSPS) is 20.8. The lowest BCUT2D eigenvalue weighted by Crippen LogP contribution is -2.48. The second-order valence-corrected chi connectivity index (χ2v) is 6.32. The van der Waals surface area contributed by atoms with Gasteiger partial charge in [0.25, 0.3) is 0 Å². The molecule has 0 aliphatic carbocycles. The van der Waals surface area contributed by atoms with E-state index >= 15 is 0 Å². The van der Waals surface area contributed by atoms with E-state index in [9.17, 15) is 27.5 Å². The smallest absolute Gasteiger partial charge is 0.379 e. The van der Waals surface area contributed by atoms with E-state index in [4.69, 9.17) is 5.26 Å². The van der Waals surface area contributed by atoms with Crippen molar-refractivity contribution in [3.63, 3.8) is 0 Å². The molecule has 5 nitrogen and oxygen atoms in total. The molecule has 0 aromatic heterocycles. The quantitative estimate of drug-likeness (QED) is 0.803. The molecule has 9 heteroatoms. The van der Waals surface area contributed by atoms with Crippen molar-refractivity contribution in [1.29, 1.82) is 5.26 Å². The molecular weight excluding hydrogens is 354 g/mol. The number of amides is 1. The summed E-state index contributed by atoms with van der Waals surface area (Å²) in [6.07, 6.45) is -5.24. The van der Waals surface area contributed by atoms with Gasteiger partial charge in [0.05, 0.1) is 18.2 Å². The van der Waals surface area contributed by atoms with Crippen molar-refractivity contribution in [2.24, 2.45) is 0 Å². The zero-order valence-corrected chi connectivity index (χ0v) is 14.2. The van der Waals surface area contributed by atoms with Crippen molar-refractivity contribution in [2.45, 2.75) is 31.7 Å². The summed E-state index contributed by atoms with van der Waals surface area (Å²) in [7, 11) is 0. The van der Waals surface area contributed by atoms with Crippen molar-refractivity contribution in [2.75, 3.05) is 26.2 Å². The fourth-order valence-electron chi connectivity index (χ4n) is 2.86. The molecule has 26 heavy (non-hydrogen) atoms. The lowest BCUT2D eigenvalue weighted by molar-refractivity contribution is -0.253. The average Bonchev–Trinajstić information content (AvgIpc) is 2.95. The average molecular weight is 373 g/mol. The predicted octanol–water partition coefficient (Wildman–Crippen LogP) is 2.04. The summed E-state index contributed by atoms with van der Waals surface area (Å²) in [5, 5.41) is 18.4. The first kappa shape index (κ1) is 20.1. The summed E-state index contributed by atoms with van der Waals surface area (Å²) >= 11 is 0. The summed E-state index contributed by atoms with van der Waals surface area (Å²) in [4.78, 5) is 14.9. The molecule has 0 bridgehead atoms. The van der Waals surface area contributed by atoms with Crippen molar-refractivity contribution < 1.29 is 27.5 Å². The van der Waals surface area contributed by atoms with E-state index in [1.807, 2.05) is 6.07 Å². The maximum atomic E-state index is 14.0. The molecule has 1 saturated heterocycles. The maximum absolute atomic E-state index is 14.0. The van der Waals surface area contributed by atoms with Gasteiger partial charge in [-0.05, 0) is 25.5 Å². The van der Waals surface area contributed by atoms with Gasteiger partial charge in [-0.2, -0.15) is 18.4 Å². The van der Waals surface area contributed by atoms with Crippen LogP contribution < -0.4 is 0 Å². The van der Waals surface area contributed by atoms with Crippen LogP contribution in [0, 0.1) is 17.1 Å². The van der Waals surface area contributed by atoms with Gasteiger partial charge in [-0.1, -0.05) is 6.07 Å². The Bertz CT molecular complexity index is 717. The number of β-amino-alcohol motifs (C(OH)–C–C–N with tert-alkyl or cyclic N) is 1. The highest BCUT2D eigenvalue weighted by Gasteiger charge is 2.57. The molecule has 1 N–H and O–H groups in total. The Balaban J connectivity index is 2.01. The summed E-state index contributed by atoms with van der Waals surface area (Å²) in [6, 6.07) is 5.71. The Kier molecular flexibility index (Phi) is 5.88. The molecule has 2 rings (SSSR count). The monoisotopic (exact) mass is 373 g/mol. The minimum atomic E-state index is -4.75. The molecule has 0 unspecified atom stereocenters. The molecular formula is C17H19F4N3O2. The first-order valence-electron chi connectivity index (χ1n) is 8.07. The summed E-state index contributed by atoms with van der Waals surface area (Å²) in [6.45, 7) is 0.870. The molecule has 1 amide bonds. The highest BCUT2D eigenvalue weighted by atomic mass is 19.4. The molecule has 0 saturated carbocycles. The van der Waals surface area contributed by atoms with E-state index in [1.54, 1.807) is 6.92 Å². The predicted molar refractivity (Wildman–Crippen MR) is 84.3 cm³/mol. The van der Waals surface area contributed by atoms with Crippen LogP contribution in [-0.2, 0) is 11.3 Å². The number of aliphatic hydroxyl groups is 1. The summed E-state index contributed by atoms with van der Waals surface area (Å²) in [5.41, 5.74) is -2.43. The van der Waals surface area contributed by atoms with Crippen LogP contribution in [0.25, 0.3) is 0 Å². The number of hydrogen-bond donors (Lipinski definition) is 1. The molecule has 1 aliphatic heterocycles. The lowest BCUT2D eigenvalue weighted by atomic mass is 10.0. The van der Waals surface area contributed by atoms with Crippen LogP contribution in [0.3, 0.4) is 0 Å². The number of likely N-dealkylation sites (tertiary alicyclic amines) is 1. The highest BCUT2D eigenvalue weighted by Crippen LogP contribution is 2.37. The minimum Gasteiger partial charge on any atom is -0.379 e. The van der Waals surface area contributed by atoms with Gasteiger partial charge in [0.15, 0.2) is 5.60 Å². The van der Waals surface area contributed by atoms with Crippen molar-refractivity contribution in [3.05, 3.63) is 35.1 Å². The number of carbonyl (C=O) groups excluding carboxylic acids is 1. The molecule has 1 aromatic rings. The van der Waals surface area contributed by atoms with E-state index in [1.165, 1.54) is 21.9 Å². The Morgan fingerprint density at radius 2 is 2.15 bits per heavy atom. The number of carbonyl (C=O) groups is 1. The lowest BCUT2D eigenvalue weighted by Gasteiger charge is -2.27. The van der Waals surface area contributed by atoms with Crippen LogP contribution in [0.15, 0.2) is 18.2 Å². The number of alkyl halides is 3. The van der Waals surface area contributed by atoms with Gasteiger partial charge >= 0.3 is 6.18 Å². The van der Waals surface area contributed by atoms with Crippen LogP contribution in [-0.4, -0.2) is 58.8 Å². The first-order chi connectivity index (χ1) is 12.1. The second kappa shape index (κ2) is 7.60. The van der Waals surface area contributed by atoms with Crippen molar-refractivity contribution >= 4 is 5.91 Å². The number of hydrogen-bond acceptors (Lipinski definition) is 4. The standard InChI is InChI=1S/C17H19F4N3O2/c1-2-24(9-13-4-3-12(8-22)7-14(13)18)15(25)10-23-6-5-16(26,11-23)17(19,20)21/h3-4,7,26H,2,5-6,9-11H2,1H3/t16-/m1/s1. The van der Waals surface area contributed by atoms with Gasteiger partial charge in [-0.25, -0.2) is 4.39 Å². The Morgan fingerprint density at radius 3 is 2.65 bits per heavy atom. The van der Waals surface area contributed by atoms with Crippen LogP contribution in [0.4, 0.5) is 17.6 Å². The summed E-state index contributed by atoms with van der Waals surface area (Å²) < 4.78 is 52.5. The topological polar surface area (TPSA) is 67.6 Å². The zero-order chi connectivity index (χ0) is 19.5. The number of benzene rings is 1. The van der Waals surface area contributed by atoms with Crippen LogP contribution in [0.2, 0.25) is 0 Å². The minimum absolute atomic E-state index is 0.0511. The van der Waals surface area contributed by atoms with Crippen LogP contribution in [0.1, 0.15) is 24.5 Å². The largest absolute Gasteiger partial charge is 0.418 e. The molecule has 1 aromatic carbocycles. The van der Waals surface area contributed by atoms with Gasteiger partial charge < -0.3 is 10.0 Å². The third kappa shape index (κ3) is 4.31. The van der Waals surface area contributed by atoms with E-state index in [2.05, 4.69) is 0 Å². The summed E-state index contributed by atoms with van der Waals surface area (Å²) in [5.74, 6) is -1.08. The Labute approximate surface area is 148 Å². The van der Waals surface area contributed by atoms with Gasteiger partial charge in [0.2, 0.25) is 5.91 Å². The van der Waals surface area contributed by atoms with E-state index in [0.29, 0.717) is 0 Å². The SMILES string of the molecule is CCN(Cc1ccc(C#N)cc1F)C(=O)CN1CC[C@](O)(C(F)(F)F)C1. The third-order valence-electron chi connectivity index (χ3n) is 4.49. The van der Waals surface area contributed by atoms with E-state index in [0.717, 1.165) is 6.07 Å². The number of halogens is 4. The number of nitrogens with zero attached hydrogens (tertiary/aromatic N) is 3. The molecule has 0 radical (unpaired) electrons. The van der Waals surface area contributed by atoms with Gasteiger partial charge in [-0.15, -0.1) is 0 Å². The number of likely N-dealkylation sites (N-methyl/N-ethyl adjacent to an activating group) is 1. The van der Waals surface area contributed by atoms with E-state index in [-0.39, 0.29) is 37.3 Å². The number of nitriles is 1. The molecule has 142 valence electrons. The van der Waals surface area contributed by atoms with Crippen molar-refractivity contribution in [1.82, 2.24) is 9.80 Å². The highest BCUT2D eigenvalue weighted by molar-refractivity contribution is 5.78. The molecule has 1 aliphatic rings. The van der Waals surface area contributed by atoms with Gasteiger partial charge in [0, 0.05) is 31.7 Å². The Morgan fingerprint density at radius 1 is 1.46 bits per heavy atom. The third-order valence-corrected chi connectivity index (χ3v) is 4.49. The van der Waals surface area contributed by atoms with E-state index < -0.39 is 36.5 Å². The first-order valence-corrected chi connectivity index (χ1v) is 8.07. The van der Waals surface area contributed by atoms with Crippen molar-refractivity contribution in [3.8, 4) is 6.07 Å². The number of rotatable bonds is 5. The maximum Gasteiger partial charge on any atom is 0.418 e. The molecule has 0 spiro atoms. The zero-order valence-electron chi connectivity index (χ0n) is 14.2. The van der Waals surface area contributed by atoms with Gasteiger partial charge in [-0.3, -0.25) is 9.69 Å². The Hall–Kier alpha value is -2.18. The van der Waals surface area contributed by atoms with Gasteiger partial charge in [0.1, 0.15) is 5.82 Å². The fraction of sp³-hybridized carbons (Fsp3) is 0.529. The van der Waals surface area contributed by atoms with Crippen LogP contribution >= 0.6 is 0 Å². The van der Waals surface area contributed by atoms with Crippen LogP contribution in [0.5, 0.6) is 0 Å².